The van der Waals surface area contributed by atoms with E-state index < -0.39 is 44.0 Å². The summed E-state index contributed by atoms with van der Waals surface area (Å²) >= 11 is 0. The predicted octanol–water partition coefficient (Wildman–Crippen LogP) is 1.58. The molecule has 0 saturated carbocycles. The largest absolute Gasteiger partial charge is 0.273 e. The summed E-state index contributed by atoms with van der Waals surface area (Å²) in [6.45, 7) is 2.11. The number of amides is 1. The predicted molar refractivity (Wildman–Crippen MR) is 108 cm³/mol. The van der Waals surface area contributed by atoms with E-state index in [1.807, 2.05) is 6.92 Å². The summed E-state index contributed by atoms with van der Waals surface area (Å²) in [7, 11) is -7.74. The van der Waals surface area contributed by atoms with Crippen LogP contribution in [0.4, 0.5) is 0 Å². The number of sulfonamides is 2. The van der Waals surface area contributed by atoms with Crippen molar-refractivity contribution in [2.45, 2.75) is 43.2 Å². The van der Waals surface area contributed by atoms with Crippen molar-refractivity contribution in [3.8, 4) is 0 Å². The first kappa shape index (κ1) is 20.2. The van der Waals surface area contributed by atoms with Gasteiger partial charge in [0, 0.05) is 18.1 Å². The molecule has 29 heavy (non-hydrogen) atoms. The van der Waals surface area contributed by atoms with Crippen LogP contribution in [-0.2, 0) is 24.8 Å². The van der Waals surface area contributed by atoms with Crippen molar-refractivity contribution in [1.82, 2.24) is 13.6 Å². The smallest absolute Gasteiger partial charge is 0.268 e. The summed E-state index contributed by atoms with van der Waals surface area (Å²) in [5, 5.41) is 0.658. The van der Waals surface area contributed by atoms with Gasteiger partial charge in [0.1, 0.15) is 4.90 Å². The van der Waals surface area contributed by atoms with Crippen LogP contribution in [0.25, 0.3) is 10.9 Å². The molecule has 0 aliphatic carbocycles. The van der Waals surface area contributed by atoms with Gasteiger partial charge >= 0.3 is 0 Å². The number of hydrogen-bond acceptors (Lipinski definition) is 6. The fraction of sp³-hybridized carbons (Fsp3) is 0.474. The highest BCUT2D eigenvalue weighted by Gasteiger charge is 2.59. The Morgan fingerprint density at radius 3 is 2.55 bits per heavy atom. The number of carbonyl (C=O) groups is 1. The van der Waals surface area contributed by atoms with E-state index in [-0.39, 0.29) is 11.4 Å². The van der Waals surface area contributed by atoms with Crippen LogP contribution in [-0.4, -0.2) is 61.2 Å². The zero-order valence-electron chi connectivity index (χ0n) is 16.2. The van der Waals surface area contributed by atoms with Crippen molar-refractivity contribution in [1.29, 1.82) is 0 Å². The van der Waals surface area contributed by atoms with Gasteiger partial charge in [-0.2, -0.15) is 4.31 Å². The summed E-state index contributed by atoms with van der Waals surface area (Å²) in [4.78, 5) is 17.4. The van der Waals surface area contributed by atoms with Crippen LogP contribution >= 0.6 is 0 Å². The van der Waals surface area contributed by atoms with Crippen molar-refractivity contribution in [2.75, 3.05) is 12.8 Å². The van der Waals surface area contributed by atoms with Crippen LogP contribution in [0.15, 0.2) is 41.4 Å². The molecule has 0 spiro atoms. The molecule has 2 fully saturated rings. The highest BCUT2D eigenvalue weighted by molar-refractivity contribution is 7.90. The fourth-order valence-electron chi connectivity index (χ4n) is 4.65. The van der Waals surface area contributed by atoms with Crippen LogP contribution in [0.1, 0.15) is 26.2 Å². The van der Waals surface area contributed by atoms with E-state index in [0.29, 0.717) is 30.2 Å². The summed E-state index contributed by atoms with van der Waals surface area (Å²) in [6.07, 6.45) is 4.00. The number of fused-ring (bicyclic) bond motifs is 2. The van der Waals surface area contributed by atoms with Gasteiger partial charge in [-0.25, -0.2) is 21.1 Å². The van der Waals surface area contributed by atoms with Crippen LogP contribution in [0.3, 0.4) is 0 Å². The topological polar surface area (TPSA) is 105 Å². The van der Waals surface area contributed by atoms with E-state index in [9.17, 15) is 21.6 Å². The minimum absolute atomic E-state index is 0.0299. The molecule has 1 aromatic carbocycles. The van der Waals surface area contributed by atoms with Gasteiger partial charge in [0.2, 0.25) is 15.9 Å². The van der Waals surface area contributed by atoms with Crippen molar-refractivity contribution < 1.29 is 21.6 Å². The molecule has 4 rings (SSSR count). The van der Waals surface area contributed by atoms with Gasteiger partial charge in [0.05, 0.1) is 29.8 Å². The normalized spacial score (nSPS) is 25.7. The number of aromatic nitrogens is 1. The average molecular weight is 438 g/mol. The molecule has 0 bridgehead atoms. The van der Waals surface area contributed by atoms with E-state index in [1.165, 1.54) is 16.6 Å². The van der Waals surface area contributed by atoms with Crippen LogP contribution < -0.4 is 0 Å². The Kier molecular flexibility index (Phi) is 4.91. The first-order chi connectivity index (χ1) is 13.7. The van der Waals surface area contributed by atoms with Crippen LogP contribution in [0, 0.1) is 5.92 Å². The zero-order valence-corrected chi connectivity index (χ0v) is 17.9. The van der Waals surface area contributed by atoms with Crippen molar-refractivity contribution in [3.63, 3.8) is 0 Å². The number of carbonyl (C=O) groups excluding carboxylic acids is 1. The van der Waals surface area contributed by atoms with Gasteiger partial charge in [-0.15, -0.1) is 0 Å². The molecule has 2 aliphatic heterocycles. The summed E-state index contributed by atoms with van der Waals surface area (Å²) < 4.78 is 54.0. The molecular formula is C19H23N3O5S2. The zero-order chi connectivity index (χ0) is 21.0. The molecule has 0 unspecified atom stereocenters. The Bertz CT molecular complexity index is 1170. The summed E-state index contributed by atoms with van der Waals surface area (Å²) in [6, 6.07) is 6.95. The molecule has 2 saturated heterocycles. The third-order valence-corrected chi connectivity index (χ3v) is 8.91. The second kappa shape index (κ2) is 7.03. The lowest BCUT2D eigenvalue weighted by Gasteiger charge is -2.25. The molecule has 8 nitrogen and oxygen atoms in total. The monoisotopic (exact) mass is 437 g/mol. The number of pyridine rings is 1. The summed E-state index contributed by atoms with van der Waals surface area (Å²) in [5.41, 5.74) is 0.302. The number of benzene rings is 1. The molecule has 1 amide bonds. The van der Waals surface area contributed by atoms with Crippen LogP contribution in [0.5, 0.6) is 0 Å². The standard InChI is InChI=1S/C19H23N3O5S2/c1-3-6-14-18-15(10-12-21(18)28(2,24)25)22(19(14)23)29(26,27)16-9-4-7-13-8-5-11-20-17(13)16/h4-5,7-9,11,14-15,18H,3,6,10,12H2,1-2H3/t14-,15+,18-/m1/s1. The second-order valence-electron chi connectivity index (χ2n) is 7.59. The minimum Gasteiger partial charge on any atom is -0.273 e. The average Bonchev–Trinajstić information content (AvgIpc) is 3.20. The maximum absolute atomic E-state index is 13.6. The van der Waals surface area contributed by atoms with Crippen molar-refractivity contribution >= 4 is 36.9 Å². The lowest BCUT2D eigenvalue weighted by Crippen LogP contribution is -2.43. The highest BCUT2D eigenvalue weighted by atomic mass is 32.2. The molecule has 1 aromatic heterocycles. The second-order valence-corrected chi connectivity index (χ2v) is 11.3. The fourth-order valence-corrected chi connectivity index (χ4v) is 7.65. The van der Waals surface area contributed by atoms with Gasteiger partial charge in [0.15, 0.2) is 0 Å². The highest BCUT2D eigenvalue weighted by Crippen LogP contribution is 2.43. The maximum Gasteiger partial charge on any atom is 0.268 e. The SMILES string of the molecule is CCC[C@H]1C(=O)N(S(=O)(=O)c2cccc3cccnc23)[C@H]2CCN(S(C)(=O)=O)[C@H]12. The van der Waals surface area contributed by atoms with E-state index in [1.54, 1.807) is 24.3 Å². The number of nitrogens with zero attached hydrogens (tertiary/aromatic N) is 3. The Balaban J connectivity index is 1.85. The van der Waals surface area contributed by atoms with E-state index in [0.717, 1.165) is 10.6 Å². The van der Waals surface area contributed by atoms with Crippen molar-refractivity contribution in [3.05, 3.63) is 36.5 Å². The van der Waals surface area contributed by atoms with E-state index in [2.05, 4.69) is 4.98 Å². The van der Waals surface area contributed by atoms with Crippen molar-refractivity contribution in [2.24, 2.45) is 5.92 Å². The number of para-hydroxylation sites is 1. The molecule has 10 heteroatoms. The first-order valence-electron chi connectivity index (χ1n) is 9.56. The molecule has 156 valence electrons. The van der Waals surface area contributed by atoms with Gasteiger partial charge < -0.3 is 0 Å². The molecule has 3 heterocycles. The van der Waals surface area contributed by atoms with E-state index >= 15 is 0 Å². The minimum atomic E-state index is -4.19. The Morgan fingerprint density at radius 1 is 1.14 bits per heavy atom. The molecule has 0 radical (unpaired) electrons. The quantitative estimate of drug-likeness (QED) is 0.703. The Labute approximate surface area is 170 Å². The van der Waals surface area contributed by atoms with E-state index in [4.69, 9.17) is 0 Å². The Morgan fingerprint density at radius 2 is 1.86 bits per heavy atom. The van der Waals surface area contributed by atoms with Gasteiger partial charge in [-0.05, 0) is 25.0 Å². The molecule has 0 N–H and O–H groups in total. The van der Waals surface area contributed by atoms with Gasteiger partial charge in [-0.1, -0.05) is 31.5 Å². The number of hydrogen-bond donors (Lipinski definition) is 0. The molecular weight excluding hydrogens is 414 g/mol. The third-order valence-electron chi connectivity index (χ3n) is 5.78. The Hall–Kier alpha value is -2.04. The molecule has 3 atom stereocenters. The molecule has 2 aromatic rings. The van der Waals surface area contributed by atoms with Gasteiger partial charge in [-0.3, -0.25) is 9.78 Å². The van der Waals surface area contributed by atoms with Crippen LogP contribution in [0.2, 0.25) is 0 Å². The van der Waals surface area contributed by atoms with Gasteiger partial charge in [0.25, 0.3) is 10.0 Å². The lowest BCUT2D eigenvalue weighted by molar-refractivity contribution is -0.128. The maximum atomic E-state index is 13.6. The summed E-state index contributed by atoms with van der Waals surface area (Å²) in [5.74, 6) is -1.19. The third kappa shape index (κ3) is 3.13. The molecule has 2 aliphatic rings. The number of rotatable bonds is 5. The lowest BCUT2D eigenvalue weighted by atomic mass is 9.95. The first-order valence-corrected chi connectivity index (χ1v) is 12.9.